The molecule has 1 heterocycles. The molecule has 92 valence electrons. The predicted molar refractivity (Wildman–Crippen MR) is 65.1 cm³/mol. The van der Waals surface area contributed by atoms with E-state index in [-0.39, 0.29) is 6.09 Å². The van der Waals surface area contributed by atoms with Crippen molar-refractivity contribution in [3.63, 3.8) is 0 Å². The number of nitrogens with zero attached hydrogens (tertiary/aromatic N) is 2. The van der Waals surface area contributed by atoms with E-state index in [2.05, 4.69) is 4.98 Å². The average molecular weight is 234 g/mol. The van der Waals surface area contributed by atoms with Gasteiger partial charge in [-0.15, -0.1) is 0 Å². The molecule has 4 heteroatoms. The highest BCUT2D eigenvalue weighted by atomic mass is 16.6. The fourth-order valence-corrected chi connectivity index (χ4v) is 1.80. The van der Waals surface area contributed by atoms with Crippen molar-refractivity contribution in [3.05, 3.63) is 23.5 Å². The van der Waals surface area contributed by atoms with Gasteiger partial charge in [0.2, 0.25) is 0 Å². The molecule has 0 N–H and O–H groups in total. The summed E-state index contributed by atoms with van der Waals surface area (Å²) in [5.74, 6) is 1.25. The number of hydrogen-bond acceptors (Lipinski definition) is 3. The minimum Gasteiger partial charge on any atom is -0.410 e. The smallest absolute Gasteiger partial charge is 0.410 e. The van der Waals surface area contributed by atoms with Gasteiger partial charge in [0.05, 0.1) is 0 Å². The highest BCUT2D eigenvalue weighted by Gasteiger charge is 2.25. The maximum atomic E-state index is 11.8. The summed E-state index contributed by atoms with van der Waals surface area (Å²) in [5.41, 5.74) is 1.72. The molecule has 1 amide bonds. The lowest BCUT2D eigenvalue weighted by Gasteiger charge is -2.16. The van der Waals surface area contributed by atoms with Crippen LogP contribution in [0.5, 0.6) is 5.75 Å². The Balaban J connectivity index is 1.96. The Morgan fingerprint density at radius 2 is 2.00 bits per heavy atom. The summed E-state index contributed by atoms with van der Waals surface area (Å²) >= 11 is 0. The molecule has 1 saturated carbocycles. The lowest BCUT2D eigenvalue weighted by molar-refractivity contribution is 0.161. The minimum atomic E-state index is -0.290. The molecule has 0 saturated heterocycles. The van der Waals surface area contributed by atoms with Gasteiger partial charge in [-0.1, -0.05) is 0 Å². The van der Waals surface area contributed by atoms with Gasteiger partial charge < -0.3 is 9.64 Å². The molecule has 17 heavy (non-hydrogen) atoms. The normalized spacial score (nSPS) is 14.5. The second-order valence-electron chi connectivity index (χ2n) is 4.78. The molecule has 1 fully saturated rings. The Morgan fingerprint density at radius 3 is 2.53 bits per heavy atom. The van der Waals surface area contributed by atoms with E-state index in [1.807, 2.05) is 13.8 Å². The van der Waals surface area contributed by atoms with Gasteiger partial charge in [-0.05, 0) is 32.6 Å². The van der Waals surface area contributed by atoms with E-state index in [0.717, 1.165) is 17.9 Å². The van der Waals surface area contributed by atoms with Crippen LogP contribution < -0.4 is 4.74 Å². The molecule has 1 aromatic rings. The zero-order valence-corrected chi connectivity index (χ0v) is 10.6. The van der Waals surface area contributed by atoms with E-state index < -0.39 is 0 Å². The molecule has 1 aliphatic rings. The Morgan fingerprint density at radius 1 is 1.41 bits per heavy atom. The van der Waals surface area contributed by atoms with E-state index in [9.17, 15) is 4.79 Å². The van der Waals surface area contributed by atoms with Crippen LogP contribution in [0.1, 0.15) is 24.2 Å². The highest BCUT2D eigenvalue weighted by Crippen LogP contribution is 2.29. The van der Waals surface area contributed by atoms with Gasteiger partial charge in [0.1, 0.15) is 5.75 Å². The van der Waals surface area contributed by atoms with E-state index in [1.165, 1.54) is 12.8 Å². The van der Waals surface area contributed by atoms with Crippen LogP contribution in [0.3, 0.4) is 0 Å². The van der Waals surface area contributed by atoms with Crippen molar-refractivity contribution in [1.82, 2.24) is 9.88 Å². The molecule has 0 aliphatic heterocycles. The lowest BCUT2D eigenvalue weighted by Crippen LogP contribution is -2.31. The fraction of sp³-hybridized carbons (Fsp3) is 0.538. The van der Waals surface area contributed by atoms with E-state index in [4.69, 9.17) is 4.74 Å². The second-order valence-corrected chi connectivity index (χ2v) is 4.78. The third-order valence-electron chi connectivity index (χ3n) is 2.80. The van der Waals surface area contributed by atoms with Gasteiger partial charge in [-0.25, -0.2) is 4.79 Å². The number of hydrogen-bond donors (Lipinski definition) is 0. The van der Waals surface area contributed by atoms with Gasteiger partial charge in [0.15, 0.2) is 0 Å². The summed E-state index contributed by atoms with van der Waals surface area (Å²) in [4.78, 5) is 17.7. The van der Waals surface area contributed by atoms with Gasteiger partial charge in [0, 0.05) is 37.1 Å². The lowest BCUT2D eigenvalue weighted by atomic mass is 10.3. The Labute approximate surface area is 102 Å². The van der Waals surface area contributed by atoms with Gasteiger partial charge >= 0.3 is 6.09 Å². The second kappa shape index (κ2) is 4.73. The molecule has 0 bridgehead atoms. The van der Waals surface area contributed by atoms with Crippen LogP contribution in [0.25, 0.3) is 0 Å². The highest BCUT2D eigenvalue weighted by molar-refractivity contribution is 5.70. The summed E-state index contributed by atoms with van der Waals surface area (Å²) in [6, 6.07) is 3.55. The number of amides is 1. The topological polar surface area (TPSA) is 42.4 Å². The van der Waals surface area contributed by atoms with Crippen LogP contribution >= 0.6 is 0 Å². The predicted octanol–water partition coefficient (Wildman–Crippen LogP) is 2.54. The minimum absolute atomic E-state index is 0.290. The largest absolute Gasteiger partial charge is 0.414 e. The summed E-state index contributed by atoms with van der Waals surface area (Å²) < 4.78 is 5.31. The van der Waals surface area contributed by atoms with Crippen LogP contribution in [-0.4, -0.2) is 29.6 Å². The number of carbonyl (C=O) groups is 1. The van der Waals surface area contributed by atoms with Crippen molar-refractivity contribution in [2.45, 2.75) is 26.7 Å². The zero-order chi connectivity index (χ0) is 12.4. The van der Waals surface area contributed by atoms with Crippen LogP contribution in [0.4, 0.5) is 4.79 Å². The third kappa shape index (κ3) is 3.44. The maximum absolute atomic E-state index is 11.8. The average Bonchev–Trinajstić information content (AvgIpc) is 2.99. The molecule has 1 aromatic heterocycles. The number of rotatable bonds is 3. The fourth-order valence-electron chi connectivity index (χ4n) is 1.80. The summed E-state index contributed by atoms with van der Waals surface area (Å²) in [5, 5.41) is 0. The molecule has 0 unspecified atom stereocenters. The zero-order valence-electron chi connectivity index (χ0n) is 10.6. The number of aromatic nitrogens is 1. The van der Waals surface area contributed by atoms with Crippen molar-refractivity contribution in [2.24, 2.45) is 5.92 Å². The van der Waals surface area contributed by atoms with E-state index in [1.54, 1.807) is 24.1 Å². The monoisotopic (exact) mass is 234 g/mol. The van der Waals surface area contributed by atoms with Crippen LogP contribution in [0.15, 0.2) is 12.1 Å². The first-order valence-corrected chi connectivity index (χ1v) is 5.93. The molecule has 1 aliphatic carbocycles. The van der Waals surface area contributed by atoms with Gasteiger partial charge in [0.25, 0.3) is 0 Å². The van der Waals surface area contributed by atoms with Crippen molar-refractivity contribution in [3.8, 4) is 5.75 Å². The summed E-state index contributed by atoms with van der Waals surface area (Å²) in [7, 11) is 1.78. The van der Waals surface area contributed by atoms with E-state index in [0.29, 0.717) is 11.7 Å². The molecular weight excluding hydrogens is 216 g/mol. The molecule has 0 radical (unpaired) electrons. The first-order valence-electron chi connectivity index (χ1n) is 5.93. The van der Waals surface area contributed by atoms with Crippen LogP contribution in [0, 0.1) is 19.8 Å². The van der Waals surface area contributed by atoms with Crippen molar-refractivity contribution < 1.29 is 9.53 Å². The molecule has 4 nitrogen and oxygen atoms in total. The van der Waals surface area contributed by atoms with Crippen molar-refractivity contribution in [2.75, 3.05) is 13.6 Å². The van der Waals surface area contributed by atoms with E-state index >= 15 is 0 Å². The number of carbonyl (C=O) groups excluding carboxylic acids is 1. The SMILES string of the molecule is Cc1cc(OC(=O)N(C)CC2CC2)cc(C)n1. The van der Waals surface area contributed by atoms with Gasteiger partial charge in [-0.3, -0.25) is 4.98 Å². The van der Waals surface area contributed by atoms with Crippen molar-refractivity contribution >= 4 is 6.09 Å². The Hall–Kier alpha value is -1.58. The molecule has 0 atom stereocenters. The maximum Gasteiger partial charge on any atom is 0.414 e. The quantitative estimate of drug-likeness (QED) is 0.807. The van der Waals surface area contributed by atoms with Gasteiger partial charge in [-0.2, -0.15) is 0 Å². The van der Waals surface area contributed by atoms with Crippen molar-refractivity contribution in [1.29, 1.82) is 0 Å². The molecule has 2 rings (SSSR count). The first-order chi connectivity index (χ1) is 8.04. The Kier molecular flexibility index (Phi) is 3.31. The summed E-state index contributed by atoms with van der Waals surface area (Å²) in [6.45, 7) is 4.57. The Bertz CT molecular complexity index is 407. The summed E-state index contributed by atoms with van der Waals surface area (Å²) in [6.07, 6.45) is 2.16. The number of aryl methyl sites for hydroxylation is 2. The third-order valence-corrected chi connectivity index (χ3v) is 2.80. The molecule has 0 aromatic carbocycles. The number of pyridine rings is 1. The molecular formula is C13H18N2O2. The molecule has 0 spiro atoms. The number of ether oxygens (including phenoxy) is 1. The first kappa shape index (κ1) is 11.9. The standard InChI is InChI=1S/C13H18N2O2/c1-9-6-12(7-10(2)14-9)17-13(16)15(3)8-11-4-5-11/h6-7,11H,4-5,8H2,1-3H3. The van der Waals surface area contributed by atoms with Crippen LogP contribution in [0.2, 0.25) is 0 Å². The van der Waals surface area contributed by atoms with Crippen LogP contribution in [-0.2, 0) is 0 Å².